The molecule has 0 spiro atoms. The minimum atomic E-state index is -0.357. The van der Waals surface area contributed by atoms with Crippen LogP contribution in [0.2, 0.25) is 0 Å². The van der Waals surface area contributed by atoms with Gasteiger partial charge >= 0.3 is 0 Å². The molecule has 166 valence electrons. The smallest absolute Gasteiger partial charge is 0.258 e. The summed E-state index contributed by atoms with van der Waals surface area (Å²) in [6, 6.07) is 13.9. The summed E-state index contributed by atoms with van der Waals surface area (Å²) in [6.07, 6.45) is 0.711. The Labute approximate surface area is 187 Å². The second-order valence-corrected chi connectivity index (χ2v) is 7.26. The Morgan fingerprint density at radius 1 is 1.16 bits per heavy atom. The SMILES string of the molecule is CCN(CC)C(=O)c1ccc2nc(NC(=O)c3cccc(C#N)c3)n(CCCOC)c2c1. The molecule has 0 fully saturated rings. The van der Waals surface area contributed by atoms with Crippen LogP contribution in [-0.2, 0) is 11.3 Å². The lowest BCUT2D eigenvalue weighted by molar-refractivity contribution is 0.0773. The van der Waals surface area contributed by atoms with Crippen molar-refractivity contribution in [3.63, 3.8) is 0 Å². The average Bonchev–Trinajstić information content (AvgIpc) is 3.16. The van der Waals surface area contributed by atoms with Gasteiger partial charge in [-0.3, -0.25) is 14.9 Å². The number of carbonyl (C=O) groups excluding carboxylic acids is 2. The topological polar surface area (TPSA) is 100 Å². The number of nitrogens with one attached hydrogen (secondary N) is 1. The number of methoxy groups -OCH3 is 1. The maximum Gasteiger partial charge on any atom is 0.258 e. The molecule has 2 aromatic carbocycles. The number of carbonyl (C=O) groups is 2. The molecule has 0 unspecified atom stereocenters. The van der Waals surface area contributed by atoms with E-state index < -0.39 is 0 Å². The van der Waals surface area contributed by atoms with Crippen molar-refractivity contribution >= 4 is 28.8 Å². The highest BCUT2D eigenvalue weighted by Crippen LogP contribution is 2.23. The maximum absolute atomic E-state index is 12.8. The number of nitrogens with zero attached hydrogens (tertiary/aromatic N) is 4. The highest BCUT2D eigenvalue weighted by Gasteiger charge is 2.18. The molecule has 0 aliphatic heterocycles. The zero-order valence-electron chi connectivity index (χ0n) is 18.6. The van der Waals surface area contributed by atoms with E-state index >= 15 is 0 Å². The number of hydrogen-bond acceptors (Lipinski definition) is 5. The summed E-state index contributed by atoms with van der Waals surface area (Å²) in [6.45, 7) is 6.26. The molecule has 0 aliphatic carbocycles. The van der Waals surface area contributed by atoms with E-state index in [9.17, 15) is 9.59 Å². The van der Waals surface area contributed by atoms with Crippen molar-refractivity contribution in [2.75, 3.05) is 32.1 Å². The lowest BCUT2D eigenvalue weighted by atomic mass is 10.1. The minimum absolute atomic E-state index is 0.0413. The number of aryl methyl sites for hydroxylation is 1. The fourth-order valence-corrected chi connectivity index (χ4v) is 3.54. The fraction of sp³-hybridized carbons (Fsp3) is 0.333. The quantitative estimate of drug-likeness (QED) is 0.519. The Morgan fingerprint density at radius 2 is 1.94 bits per heavy atom. The summed E-state index contributed by atoms with van der Waals surface area (Å²) < 4.78 is 7.07. The monoisotopic (exact) mass is 433 g/mol. The van der Waals surface area contributed by atoms with Crippen LogP contribution in [0.1, 0.15) is 46.5 Å². The fourth-order valence-electron chi connectivity index (χ4n) is 3.54. The van der Waals surface area contributed by atoms with Gasteiger partial charge in [-0.05, 0) is 56.7 Å². The Morgan fingerprint density at radius 3 is 2.62 bits per heavy atom. The first-order chi connectivity index (χ1) is 15.5. The number of ether oxygens (including phenoxy) is 1. The zero-order valence-corrected chi connectivity index (χ0v) is 18.6. The lowest BCUT2D eigenvalue weighted by Gasteiger charge is -2.18. The van der Waals surface area contributed by atoms with Crippen LogP contribution in [-0.4, -0.2) is 53.1 Å². The number of benzene rings is 2. The third kappa shape index (κ3) is 4.95. The van der Waals surface area contributed by atoms with E-state index in [1.165, 1.54) is 6.07 Å². The molecule has 2 amide bonds. The van der Waals surface area contributed by atoms with Gasteiger partial charge in [0.25, 0.3) is 11.8 Å². The first kappa shape index (κ1) is 23.0. The van der Waals surface area contributed by atoms with Crippen molar-refractivity contribution in [1.29, 1.82) is 5.26 Å². The number of fused-ring (bicyclic) bond motifs is 1. The Kier molecular flexibility index (Phi) is 7.58. The van der Waals surface area contributed by atoms with Gasteiger partial charge < -0.3 is 14.2 Å². The molecule has 8 heteroatoms. The minimum Gasteiger partial charge on any atom is -0.385 e. The van der Waals surface area contributed by atoms with Crippen molar-refractivity contribution in [1.82, 2.24) is 14.5 Å². The van der Waals surface area contributed by atoms with E-state index in [1.807, 2.05) is 30.6 Å². The molecule has 0 atom stereocenters. The van der Waals surface area contributed by atoms with Crippen molar-refractivity contribution in [2.24, 2.45) is 0 Å². The molecule has 1 aromatic heterocycles. The predicted octanol–water partition coefficient (Wildman–Crippen LogP) is 3.68. The van der Waals surface area contributed by atoms with Crippen molar-refractivity contribution in [3.05, 3.63) is 59.2 Å². The number of hydrogen-bond donors (Lipinski definition) is 1. The molecule has 1 heterocycles. The highest BCUT2D eigenvalue weighted by atomic mass is 16.5. The Balaban J connectivity index is 1.99. The lowest BCUT2D eigenvalue weighted by Crippen LogP contribution is -2.30. The van der Waals surface area contributed by atoms with E-state index in [1.54, 1.807) is 42.3 Å². The maximum atomic E-state index is 12.8. The van der Waals surface area contributed by atoms with Crippen LogP contribution in [0.25, 0.3) is 11.0 Å². The molecule has 0 aliphatic rings. The molecule has 0 bridgehead atoms. The van der Waals surface area contributed by atoms with Crippen LogP contribution >= 0.6 is 0 Å². The van der Waals surface area contributed by atoms with Gasteiger partial charge in [0.1, 0.15) is 0 Å². The van der Waals surface area contributed by atoms with Gasteiger partial charge in [0.15, 0.2) is 0 Å². The van der Waals surface area contributed by atoms with E-state index in [2.05, 4.69) is 10.3 Å². The van der Waals surface area contributed by atoms with Crippen LogP contribution in [0.3, 0.4) is 0 Å². The van der Waals surface area contributed by atoms with Gasteiger partial charge in [-0.2, -0.15) is 5.26 Å². The number of anilines is 1. The molecular weight excluding hydrogens is 406 g/mol. The molecule has 0 radical (unpaired) electrons. The molecule has 32 heavy (non-hydrogen) atoms. The normalized spacial score (nSPS) is 10.7. The van der Waals surface area contributed by atoms with Gasteiger partial charge in [0.2, 0.25) is 5.95 Å². The number of rotatable bonds is 9. The van der Waals surface area contributed by atoms with E-state index in [0.29, 0.717) is 60.8 Å². The van der Waals surface area contributed by atoms with E-state index in [4.69, 9.17) is 10.00 Å². The Bertz CT molecular complexity index is 1160. The molecule has 8 nitrogen and oxygen atoms in total. The number of imidazole rings is 1. The van der Waals surface area contributed by atoms with E-state index in [0.717, 1.165) is 5.52 Å². The van der Waals surface area contributed by atoms with Crippen LogP contribution in [0.15, 0.2) is 42.5 Å². The van der Waals surface area contributed by atoms with Crippen LogP contribution < -0.4 is 5.32 Å². The third-order valence-electron chi connectivity index (χ3n) is 5.26. The largest absolute Gasteiger partial charge is 0.385 e. The second kappa shape index (κ2) is 10.6. The van der Waals surface area contributed by atoms with Crippen molar-refractivity contribution in [2.45, 2.75) is 26.8 Å². The van der Waals surface area contributed by atoms with Gasteiger partial charge in [0.05, 0.1) is 22.7 Å². The van der Waals surface area contributed by atoms with Crippen molar-refractivity contribution < 1.29 is 14.3 Å². The predicted molar refractivity (Wildman–Crippen MR) is 123 cm³/mol. The van der Waals surface area contributed by atoms with Gasteiger partial charge in [-0.15, -0.1) is 0 Å². The molecular formula is C24H27N5O3. The number of amides is 2. The molecule has 1 N–H and O–H groups in total. The summed E-state index contributed by atoms with van der Waals surface area (Å²) in [5.41, 5.74) is 2.80. The second-order valence-electron chi connectivity index (χ2n) is 7.26. The summed E-state index contributed by atoms with van der Waals surface area (Å²) >= 11 is 0. The standard InChI is InChI=1S/C24H27N5O3/c1-4-28(5-2)23(31)19-10-11-20-21(15-19)29(12-7-13-32-3)24(26-20)27-22(30)18-9-6-8-17(14-18)16-25/h6,8-11,14-15H,4-5,7,12-13H2,1-3H3,(H,26,27,30). The Hall–Kier alpha value is -3.70. The third-order valence-corrected chi connectivity index (χ3v) is 5.26. The molecule has 3 aromatic rings. The number of aromatic nitrogens is 2. The van der Waals surface area contributed by atoms with Gasteiger partial charge in [-0.25, -0.2) is 4.98 Å². The molecule has 0 saturated carbocycles. The highest BCUT2D eigenvalue weighted by molar-refractivity contribution is 6.04. The van der Waals surface area contributed by atoms with Gasteiger partial charge in [0, 0.05) is 44.5 Å². The summed E-state index contributed by atoms with van der Waals surface area (Å²) in [4.78, 5) is 32.0. The van der Waals surface area contributed by atoms with Crippen LogP contribution in [0.4, 0.5) is 5.95 Å². The summed E-state index contributed by atoms with van der Waals surface area (Å²) in [5.74, 6) is -0.0128. The zero-order chi connectivity index (χ0) is 23.1. The first-order valence-corrected chi connectivity index (χ1v) is 10.6. The van der Waals surface area contributed by atoms with E-state index in [-0.39, 0.29) is 11.8 Å². The number of nitriles is 1. The average molecular weight is 434 g/mol. The molecule has 0 saturated heterocycles. The summed E-state index contributed by atoms with van der Waals surface area (Å²) in [7, 11) is 1.64. The summed E-state index contributed by atoms with van der Waals surface area (Å²) in [5, 5.41) is 12.0. The first-order valence-electron chi connectivity index (χ1n) is 10.6. The van der Waals surface area contributed by atoms with Crippen LogP contribution in [0.5, 0.6) is 0 Å². The molecule has 3 rings (SSSR count). The van der Waals surface area contributed by atoms with Crippen LogP contribution in [0, 0.1) is 11.3 Å². The van der Waals surface area contributed by atoms with Gasteiger partial charge in [-0.1, -0.05) is 6.07 Å². The van der Waals surface area contributed by atoms with Crippen molar-refractivity contribution in [3.8, 4) is 6.07 Å².